The number of fused-ring (bicyclic) bond motifs is 6. The monoisotopic (exact) mass is 369 g/mol. The lowest BCUT2D eigenvalue weighted by atomic mass is 9.95. The molecule has 0 fully saturated rings. The van der Waals surface area contributed by atoms with Crippen LogP contribution < -0.4 is 10.7 Å². The third-order valence-corrected chi connectivity index (χ3v) is 5.98. The number of nitrogens with zero attached hydrogens (tertiary/aromatic N) is 2. The summed E-state index contributed by atoms with van der Waals surface area (Å²) in [5.74, 6) is 0. The van der Waals surface area contributed by atoms with E-state index in [1.165, 1.54) is 27.0 Å². The number of aromatic amines is 1. The zero-order chi connectivity index (χ0) is 18.9. The van der Waals surface area contributed by atoms with Gasteiger partial charge in [-0.15, -0.1) is 0 Å². The summed E-state index contributed by atoms with van der Waals surface area (Å²) in [6, 6.07) is 27.5. The van der Waals surface area contributed by atoms with Crippen molar-refractivity contribution >= 4 is 22.3 Å². The fraction of sp³-hybridized carbons (Fsp3) is 0. The summed E-state index contributed by atoms with van der Waals surface area (Å²) in [6.07, 6.45) is 2.09. The second kappa shape index (κ2) is 5.30. The van der Waals surface area contributed by atoms with Crippen LogP contribution in [0.15, 0.2) is 95.0 Å². The Hall–Kier alpha value is -3.98. The maximum atomic E-state index is 5.04. The van der Waals surface area contributed by atoms with E-state index in [0.717, 1.165) is 38.7 Å². The van der Waals surface area contributed by atoms with E-state index in [-0.39, 0.29) is 0 Å². The molecule has 4 aromatic carbocycles. The molecule has 0 saturated heterocycles. The minimum Gasteiger partial charge on any atom is -0.361 e. The topological polar surface area (TPSA) is 40.5 Å². The van der Waals surface area contributed by atoms with Crippen LogP contribution in [0.3, 0.4) is 0 Å². The van der Waals surface area contributed by atoms with E-state index in [9.17, 15) is 0 Å². The molecule has 29 heavy (non-hydrogen) atoms. The number of aromatic nitrogens is 1. The lowest BCUT2D eigenvalue weighted by Gasteiger charge is -2.07. The zero-order valence-corrected chi connectivity index (χ0v) is 15.5. The molecule has 3 nitrogen and oxygen atoms in total. The van der Waals surface area contributed by atoms with Gasteiger partial charge in [0.2, 0.25) is 0 Å². The van der Waals surface area contributed by atoms with Gasteiger partial charge in [-0.05, 0) is 24.3 Å². The molecule has 134 valence electrons. The predicted octanol–water partition coefficient (Wildman–Crippen LogP) is 5.32. The van der Waals surface area contributed by atoms with Crippen molar-refractivity contribution in [2.75, 3.05) is 0 Å². The highest BCUT2D eigenvalue weighted by Crippen LogP contribution is 2.41. The average molecular weight is 369 g/mol. The summed E-state index contributed by atoms with van der Waals surface area (Å²) in [7, 11) is 0. The Morgan fingerprint density at radius 3 is 2.48 bits per heavy atom. The quantitative estimate of drug-likeness (QED) is 0.407. The molecule has 3 heterocycles. The number of rotatable bonds is 1. The molecule has 3 heteroatoms. The van der Waals surface area contributed by atoms with Gasteiger partial charge in [0.05, 0.1) is 22.1 Å². The molecule has 0 amide bonds. The third-order valence-electron chi connectivity index (χ3n) is 5.98. The molecule has 0 bridgehead atoms. The van der Waals surface area contributed by atoms with Crippen molar-refractivity contribution < 1.29 is 0 Å². The smallest absolute Gasteiger partial charge is 0.0817 e. The van der Waals surface area contributed by atoms with Crippen LogP contribution in [0, 0.1) is 10.4 Å². The van der Waals surface area contributed by atoms with Gasteiger partial charge in [-0.2, -0.15) is 0 Å². The molecule has 0 unspecified atom stereocenters. The number of benzene rings is 4. The minimum atomic E-state index is 1.02. The Morgan fingerprint density at radius 2 is 1.48 bits per heavy atom. The highest BCUT2D eigenvalue weighted by atomic mass is 14.8. The van der Waals surface area contributed by atoms with Crippen molar-refractivity contribution in [1.82, 2.24) is 4.98 Å². The maximum absolute atomic E-state index is 5.04. The Balaban J connectivity index is 1.73. The average Bonchev–Trinajstić information content (AvgIpc) is 3.45. The molecule has 0 atom stereocenters. The van der Waals surface area contributed by atoms with E-state index in [2.05, 4.69) is 77.9 Å². The molecule has 0 saturated carbocycles. The fourth-order valence-corrected chi connectivity index (χ4v) is 4.68. The van der Waals surface area contributed by atoms with Crippen molar-refractivity contribution in [1.29, 1.82) is 0 Å². The summed E-state index contributed by atoms with van der Waals surface area (Å²) in [5.41, 5.74) is 7.82. The normalized spacial score (nSPS) is 12.7. The van der Waals surface area contributed by atoms with Gasteiger partial charge >= 0.3 is 0 Å². The van der Waals surface area contributed by atoms with Crippen molar-refractivity contribution in [3.63, 3.8) is 0 Å². The first-order chi connectivity index (χ1) is 14.4. The summed E-state index contributed by atoms with van der Waals surface area (Å²) in [6.45, 7) is 0. The Bertz CT molecular complexity index is 1710. The van der Waals surface area contributed by atoms with Crippen LogP contribution in [0.2, 0.25) is 0 Å². The van der Waals surface area contributed by atoms with Gasteiger partial charge in [0.1, 0.15) is 0 Å². The van der Waals surface area contributed by atoms with Crippen LogP contribution in [-0.2, 0) is 0 Å². The number of hydrogen-bond donors (Lipinski definition) is 1. The third kappa shape index (κ3) is 1.91. The van der Waals surface area contributed by atoms with Gasteiger partial charge in [0, 0.05) is 49.8 Å². The lowest BCUT2D eigenvalue weighted by molar-refractivity contribution is 1.35. The van der Waals surface area contributed by atoms with E-state index >= 15 is 0 Å². The molecule has 0 aliphatic carbocycles. The van der Waals surface area contributed by atoms with Gasteiger partial charge in [-0.1, -0.05) is 54.6 Å². The summed E-state index contributed by atoms with van der Waals surface area (Å²) in [4.78, 5) is 13.5. The molecule has 1 aromatic heterocycles. The summed E-state index contributed by atoms with van der Waals surface area (Å²) >= 11 is 0. The molecular formula is C26H15N3. The second-order valence-corrected chi connectivity index (χ2v) is 7.55. The minimum absolute atomic E-state index is 1.02. The SMILES string of the molecule is c1ccc2c(c1)N=c1c-2cc2c(c1-c1c[nH]c3ccccc13)N=c1ccccc1=2. The van der Waals surface area contributed by atoms with Crippen molar-refractivity contribution in [2.45, 2.75) is 0 Å². The van der Waals surface area contributed by atoms with Crippen LogP contribution in [-0.4, -0.2) is 4.98 Å². The zero-order valence-electron chi connectivity index (χ0n) is 15.5. The largest absolute Gasteiger partial charge is 0.361 e. The first-order valence-corrected chi connectivity index (χ1v) is 9.78. The van der Waals surface area contributed by atoms with Crippen molar-refractivity contribution in [2.24, 2.45) is 9.98 Å². The Kier molecular flexibility index (Phi) is 2.74. The highest BCUT2D eigenvalue weighted by Gasteiger charge is 2.23. The highest BCUT2D eigenvalue weighted by molar-refractivity contribution is 6.00. The van der Waals surface area contributed by atoms with Gasteiger partial charge in [0.25, 0.3) is 0 Å². The summed E-state index contributed by atoms with van der Waals surface area (Å²) < 4.78 is 0. The molecular weight excluding hydrogens is 354 g/mol. The molecule has 1 N–H and O–H groups in total. The fourth-order valence-electron chi connectivity index (χ4n) is 4.68. The van der Waals surface area contributed by atoms with Crippen LogP contribution in [0.5, 0.6) is 0 Å². The number of nitrogens with one attached hydrogen (secondary N) is 1. The Labute approximate surface area is 166 Å². The molecule has 7 rings (SSSR count). The molecule has 5 aromatic rings. The van der Waals surface area contributed by atoms with E-state index in [4.69, 9.17) is 9.98 Å². The lowest BCUT2D eigenvalue weighted by Crippen LogP contribution is -2.06. The van der Waals surface area contributed by atoms with E-state index < -0.39 is 0 Å². The Morgan fingerprint density at radius 1 is 0.655 bits per heavy atom. The molecule has 2 aliphatic rings. The van der Waals surface area contributed by atoms with Crippen molar-refractivity contribution in [3.05, 3.63) is 106 Å². The first kappa shape index (κ1) is 15.0. The predicted molar refractivity (Wildman–Crippen MR) is 115 cm³/mol. The van der Waals surface area contributed by atoms with E-state index in [1.54, 1.807) is 0 Å². The molecule has 0 radical (unpaired) electrons. The van der Waals surface area contributed by atoms with E-state index in [0.29, 0.717) is 0 Å². The number of para-hydroxylation sites is 3. The van der Waals surface area contributed by atoms with Gasteiger partial charge in [0.15, 0.2) is 0 Å². The maximum Gasteiger partial charge on any atom is 0.0817 e. The van der Waals surface area contributed by atoms with Crippen LogP contribution in [0.4, 0.5) is 11.4 Å². The number of H-pyrrole nitrogens is 1. The molecule has 2 aliphatic heterocycles. The van der Waals surface area contributed by atoms with Crippen LogP contribution in [0.25, 0.3) is 33.2 Å². The van der Waals surface area contributed by atoms with Crippen LogP contribution in [0.1, 0.15) is 0 Å². The van der Waals surface area contributed by atoms with E-state index in [1.807, 2.05) is 12.1 Å². The standard InChI is InChI=1S/C26H15N3/c1-4-10-21-17(9-1)20(14-27-21)24-25-18(15-7-2-5-11-22(15)28-25)13-19-16-8-3-6-12-23(16)29-26(19)24/h1-14,27H. The van der Waals surface area contributed by atoms with Gasteiger partial charge < -0.3 is 4.98 Å². The van der Waals surface area contributed by atoms with Gasteiger partial charge in [-0.25, -0.2) is 9.98 Å². The van der Waals surface area contributed by atoms with Gasteiger partial charge in [-0.3, -0.25) is 0 Å². The summed E-state index contributed by atoms with van der Waals surface area (Å²) in [5, 5.41) is 5.62. The molecule has 0 spiro atoms. The second-order valence-electron chi connectivity index (χ2n) is 7.55. The number of hydrogen-bond acceptors (Lipinski definition) is 2. The van der Waals surface area contributed by atoms with Crippen molar-refractivity contribution in [3.8, 4) is 22.3 Å². The first-order valence-electron chi connectivity index (χ1n) is 9.78. The van der Waals surface area contributed by atoms with Crippen LogP contribution >= 0.6 is 0 Å².